The molecule has 0 saturated carbocycles. The van der Waals surface area contributed by atoms with Crippen molar-refractivity contribution in [3.05, 3.63) is 29.8 Å². The van der Waals surface area contributed by atoms with E-state index in [0.717, 1.165) is 3.93 Å². The summed E-state index contributed by atoms with van der Waals surface area (Å²) in [5.41, 5.74) is 0.583. The van der Waals surface area contributed by atoms with Gasteiger partial charge in [-0.1, -0.05) is 0 Å². The van der Waals surface area contributed by atoms with Crippen molar-refractivity contribution in [1.29, 1.82) is 0 Å². The molecule has 0 fully saturated rings. The molecule has 2 nitrogen and oxygen atoms in total. The molecule has 0 radical (unpaired) electrons. The zero-order valence-corrected chi connectivity index (χ0v) is 13.9. The van der Waals surface area contributed by atoms with Gasteiger partial charge < -0.3 is 0 Å². The third kappa shape index (κ3) is 3.31. The Morgan fingerprint density at radius 2 is 2.23 bits per heavy atom. The summed E-state index contributed by atoms with van der Waals surface area (Å²) in [6, 6.07) is 7.27. The number of rotatable bonds is 4. The van der Waals surface area contributed by atoms with Crippen LogP contribution in [0, 0.1) is 0 Å². The van der Waals surface area contributed by atoms with Crippen LogP contribution in [0.5, 0.6) is 5.75 Å². The third-order valence-electron chi connectivity index (χ3n) is 1.58. The maximum absolute atomic E-state index is 11.0. The molecule has 0 atom stereocenters. The maximum atomic E-state index is 11.0. The summed E-state index contributed by atoms with van der Waals surface area (Å²) in [7, 11) is 0. The first kappa shape index (κ1) is 11.1. The molecule has 66 valence electrons. The molecule has 13 heavy (non-hydrogen) atoms. The van der Waals surface area contributed by atoms with Crippen molar-refractivity contribution in [2.75, 3.05) is 0 Å². The summed E-state index contributed by atoms with van der Waals surface area (Å²) < 4.78 is 6.75. The monoisotopic (exact) mass is 384 g/mol. The summed E-state index contributed by atoms with van der Waals surface area (Å²) in [5.74, 6) is 0.714. The van der Waals surface area contributed by atoms with E-state index in [4.69, 9.17) is 2.64 Å². The Labute approximate surface area is 96.2 Å². The van der Waals surface area contributed by atoms with Gasteiger partial charge in [-0.05, 0) is 0 Å². The van der Waals surface area contributed by atoms with Crippen LogP contribution >= 0.6 is 12.6 Å². The summed E-state index contributed by atoms with van der Waals surface area (Å²) in [6.45, 7) is 2.12. The standard InChI is InChI=1S/C7H6O2S.C2H5.Hg/c8-6-4-2-1-3-5(6)7(9)10;1-2;/h1-4,8H,(H,9,10);1H2,2H3;/q;;+1/p-1. The van der Waals surface area contributed by atoms with Gasteiger partial charge in [0.15, 0.2) is 0 Å². The number of carbonyl (C=O) groups excluding carboxylic acids is 1. The third-order valence-corrected chi connectivity index (χ3v) is 5.41. The van der Waals surface area contributed by atoms with Crippen molar-refractivity contribution in [3.63, 3.8) is 0 Å². The Bertz CT molecular complexity index is 301. The Hall–Kier alpha value is -0.0249. The van der Waals surface area contributed by atoms with Crippen molar-refractivity contribution >= 4 is 17.7 Å². The van der Waals surface area contributed by atoms with E-state index in [1.54, 1.807) is 6.07 Å². The summed E-state index contributed by atoms with van der Waals surface area (Å²) >= 11 is 2.59. The second-order valence-corrected chi connectivity index (χ2v) is 9.65. The quantitative estimate of drug-likeness (QED) is 0.640. The van der Waals surface area contributed by atoms with Gasteiger partial charge in [-0.3, -0.25) is 0 Å². The minimum absolute atomic E-state index is 0.222. The van der Waals surface area contributed by atoms with Gasteiger partial charge in [0.2, 0.25) is 0 Å². The van der Waals surface area contributed by atoms with E-state index in [-0.39, 0.29) is 5.12 Å². The van der Waals surface area contributed by atoms with Crippen LogP contribution in [-0.4, -0.2) is 5.12 Å². The van der Waals surface area contributed by atoms with Crippen LogP contribution in [0.2, 0.25) is 3.93 Å². The zero-order chi connectivity index (χ0) is 9.68. The summed E-state index contributed by atoms with van der Waals surface area (Å²) in [5, 5.41) is -0.222. The van der Waals surface area contributed by atoms with Gasteiger partial charge in [0.05, 0.1) is 0 Å². The fraction of sp³-hybridized carbons (Fsp3) is 0.222. The number of para-hydroxylation sites is 1. The second kappa shape index (κ2) is 5.65. The molecule has 1 aromatic rings. The first-order valence-electron chi connectivity index (χ1n) is 4.20. The number of carbonyl (C=O) groups is 1. The number of benzene rings is 1. The molecule has 0 spiro atoms. The molecular weight excluding hydrogens is 373 g/mol. The van der Waals surface area contributed by atoms with Gasteiger partial charge in [0, 0.05) is 0 Å². The molecular formula is C9H10HgO2S. The van der Waals surface area contributed by atoms with Gasteiger partial charge in [-0.15, -0.1) is 0 Å². The van der Waals surface area contributed by atoms with Gasteiger partial charge in [0.25, 0.3) is 0 Å². The van der Waals surface area contributed by atoms with Crippen LogP contribution in [0.25, 0.3) is 0 Å². The molecule has 1 aromatic carbocycles. The fourth-order valence-electron chi connectivity index (χ4n) is 0.981. The van der Waals surface area contributed by atoms with Crippen LogP contribution in [0.3, 0.4) is 0 Å². The van der Waals surface area contributed by atoms with Crippen LogP contribution in [0.1, 0.15) is 17.3 Å². The van der Waals surface area contributed by atoms with E-state index in [0.29, 0.717) is 11.3 Å². The Morgan fingerprint density at radius 3 is 2.85 bits per heavy atom. The summed E-state index contributed by atoms with van der Waals surface area (Å²) in [4.78, 5) is 11.0. The second-order valence-electron chi connectivity index (χ2n) is 2.65. The molecule has 0 aromatic heterocycles. The fourth-order valence-corrected chi connectivity index (χ4v) is 3.79. The molecule has 0 saturated heterocycles. The Morgan fingerprint density at radius 1 is 1.54 bits per heavy atom. The van der Waals surface area contributed by atoms with Crippen molar-refractivity contribution < 1.29 is 32.5 Å². The molecule has 0 N–H and O–H groups in total. The summed E-state index contributed by atoms with van der Waals surface area (Å²) in [6.07, 6.45) is 0. The number of hydrogen-bond acceptors (Lipinski definition) is 2. The first-order chi connectivity index (χ1) is 6.25. The molecule has 0 aliphatic heterocycles. The van der Waals surface area contributed by atoms with Crippen molar-refractivity contribution in [1.82, 2.24) is 0 Å². The van der Waals surface area contributed by atoms with E-state index in [2.05, 4.69) is 19.6 Å². The van der Waals surface area contributed by atoms with E-state index < -0.39 is 25.0 Å². The van der Waals surface area contributed by atoms with Gasteiger partial charge in [-0.25, -0.2) is 0 Å². The number of thiol groups is 1. The zero-order valence-electron chi connectivity index (χ0n) is 7.49. The topological polar surface area (TPSA) is 26.3 Å². The van der Waals surface area contributed by atoms with Crippen LogP contribution in [0.15, 0.2) is 24.3 Å². The molecule has 4 heteroatoms. The molecule has 0 amide bonds. The molecule has 0 unspecified atom stereocenters. The predicted octanol–water partition coefficient (Wildman–Crippen LogP) is 2.57. The van der Waals surface area contributed by atoms with Crippen molar-refractivity contribution in [2.24, 2.45) is 0 Å². The van der Waals surface area contributed by atoms with E-state index in [1.165, 1.54) is 0 Å². The first-order valence-corrected chi connectivity index (χ1v) is 10.8. The van der Waals surface area contributed by atoms with Gasteiger partial charge >= 0.3 is 96.6 Å². The predicted molar refractivity (Wildman–Crippen MR) is 50.9 cm³/mol. The number of hydrogen-bond donors (Lipinski definition) is 1. The van der Waals surface area contributed by atoms with Crippen molar-refractivity contribution in [3.8, 4) is 5.75 Å². The van der Waals surface area contributed by atoms with E-state index >= 15 is 0 Å². The van der Waals surface area contributed by atoms with Crippen LogP contribution < -0.4 is 2.64 Å². The van der Waals surface area contributed by atoms with Gasteiger partial charge in [0.1, 0.15) is 0 Å². The Balaban J connectivity index is 2.84. The SMILES string of the molecule is C[CH2][Hg][O]c1ccccc1C(=O)S. The molecule has 0 aliphatic carbocycles. The van der Waals surface area contributed by atoms with Crippen LogP contribution in [-0.2, 0) is 25.0 Å². The average molecular weight is 383 g/mol. The molecule has 1 rings (SSSR count). The normalized spacial score (nSPS) is 9.08. The van der Waals surface area contributed by atoms with E-state index in [1.807, 2.05) is 18.2 Å². The van der Waals surface area contributed by atoms with Crippen LogP contribution in [0.4, 0.5) is 0 Å². The average Bonchev–Trinajstić information content (AvgIpc) is 2.15. The van der Waals surface area contributed by atoms with Gasteiger partial charge in [-0.2, -0.15) is 0 Å². The molecule has 0 aliphatic rings. The molecule has 0 bridgehead atoms. The minimum atomic E-state index is -1.20. The van der Waals surface area contributed by atoms with Crippen molar-refractivity contribution in [2.45, 2.75) is 10.9 Å². The Kier molecular flexibility index (Phi) is 4.81. The van der Waals surface area contributed by atoms with E-state index in [9.17, 15) is 4.79 Å². The molecule has 0 heterocycles.